The van der Waals surface area contributed by atoms with Crippen molar-refractivity contribution in [2.24, 2.45) is 0 Å². The van der Waals surface area contributed by atoms with Crippen LogP contribution in [0.25, 0.3) is 0 Å². The Hall–Kier alpha value is -1.06. The Morgan fingerprint density at radius 2 is 1.88 bits per heavy atom. The summed E-state index contributed by atoms with van der Waals surface area (Å²) in [5, 5.41) is 8.60. The van der Waals surface area contributed by atoms with Gasteiger partial charge in [0.05, 0.1) is 19.8 Å². The Balaban J connectivity index is 2.44. The first kappa shape index (κ1) is 13.0. The van der Waals surface area contributed by atoms with Gasteiger partial charge in [-0.1, -0.05) is 17.7 Å². The number of anilines is 1. The van der Waals surface area contributed by atoms with Crippen molar-refractivity contribution in [3.8, 4) is 0 Å². The van der Waals surface area contributed by atoms with Gasteiger partial charge >= 0.3 is 0 Å². The SMILES string of the molecule is CCN(CCOCCO)c1ccc(C)cc1. The summed E-state index contributed by atoms with van der Waals surface area (Å²) in [4.78, 5) is 2.26. The lowest BCUT2D eigenvalue weighted by Crippen LogP contribution is -2.27. The molecule has 1 aromatic rings. The van der Waals surface area contributed by atoms with Crippen LogP contribution in [0.5, 0.6) is 0 Å². The average molecular weight is 223 g/mol. The molecule has 0 saturated heterocycles. The molecule has 1 aromatic carbocycles. The number of nitrogens with zero attached hydrogens (tertiary/aromatic N) is 1. The van der Waals surface area contributed by atoms with Gasteiger partial charge < -0.3 is 14.7 Å². The maximum absolute atomic E-state index is 8.60. The molecule has 1 N–H and O–H groups in total. The average Bonchev–Trinajstić information content (AvgIpc) is 2.31. The molecule has 0 unspecified atom stereocenters. The fourth-order valence-electron chi connectivity index (χ4n) is 1.57. The summed E-state index contributed by atoms with van der Waals surface area (Å²) >= 11 is 0. The van der Waals surface area contributed by atoms with Gasteiger partial charge in [-0.3, -0.25) is 0 Å². The van der Waals surface area contributed by atoms with E-state index in [2.05, 4.69) is 43.0 Å². The van der Waals surface area contributed by atoms with Crippen molar-refractivity contribution in [1.82, 2.24) is 0 Å². The molecule has 3 heteroatoms. The Bertz CT molecular complexity index is 284. The second-order valence-corrected chi connectivity index (χ2v) is 3.75. The topological polar surface area (TPSA) is 32.7 Å². The van der Waals surface area contributed by atoms with Gasteiger partial charge in [-0.05, 0) is 26.0 Å². The molecule has 0 radical (unpaired) electrons. The van der Waals surface area contributed by atoms with E-state index < -0.39 is 0 Å². The number of aryl methyl sites for hydroxylation is 1. The number of rotatable bonds is 7. The normalized spacial score (nSPS) is 10.4. The van der Waals surface area contributed by atoms with E-state index in [9.17, 15) is 0 Å². The highest BCUT2D eigenvalue weighted by molar-refractivity contribution is 5.47. The van der Waals surface area contributed by atoms with Crippen LogP contribution in [0, 0.1) is 6.92 Å². The van der Waals surface area contributed by atoms with Crippen LogP contribution in [0.3, 0.4) is 0 Å². The van der Waals surface area contributed by atoms with E-state index >= 15 is 0 Å². The van der Waals surface area contributed by atoms with E-state index in [0.29, 0.717) is 13.2 Å². The number of hydrogen-bond donors (Lipinski definition) is 1. The van der Waals surface area contributed by atoms with Crippen molar-refractivity contribution < 1.29 is 9.84 Å². The summed E-state index contributed by atoms with van der Waals surface area (Å²) in [5.74, 6) is 0. The van der Waals surface area contributed by atoms with Crippen molar-refractivity contribution in [3.05, 3.63) is 29.8 Å². The predicted molar refractivity (Wildman–Crippen MR) is 67.0 cm³/mol. The minimum atomic E-state index is 0.0939. The largest absolute Gasteiger partial charge is 0.394 e. The third-order valence-corrected chi connectivity index (χ3v) is 2.52. The summed E-state index contributed by atoms with van der Waals surface area (Å²) in [6.07, 6.45) is 0. The lowest BCUT2D eigenvalue weighted by Gasteiger charge is -2.23. The van der Waals surface area contributed by atoms with Crippen LogP contribution in [0.15, 0.2) is 24.3 Å². The molecule has 0 aliphatic rings. The maximum Gasteiger partial charge on any atom is 0.0698 e. The van der Waals surface area contributed by atoms with E-state index in [-0.39, 0.29) is 6.61 Å². The number of benzene rings is 1. The molecule has 0 spiro atoms. The first-order valence-electron chi connectivity index (χ1n) is 5.78. The van der Waals surface area contributed by atoms with Crippen molar-refractivity contribution in [2.75, 3.05) is 37.8 Å². The summed E-state index contributed by atoms with van der Waals surface area (Å²) in [6.45, 7) is 7.21. The van der Waals surface area contributed by atoms with Crippen molar-refractivity contribution in [1.29, 1.82) is 0 Å². The molecule has 0 aliphatic heterocycles. The monoisotopic (exact) mass is 223 g/mol. The van der Waals surface area contributed by atoms with E-state index in [1.807, 2.05) is 0 Å². The zero-order chi connectivity index (χ0) is 11.8. The summed E-state index contributed by atoms with van der Waals surface area (Å²) in [6, 6.07) is 8.49. The van der Waals surface area contributed by atoms with Crippen LogP contribution in [-0.4, -0.2) is 38.0 Å². The van der Waals surface area contributed by atoms with E-state index in [4.69, 9.17) is 9.84 Å². The Morgan fingerprint density at radius 3 is 2.44 bits per heavy atom. The first-order chi connectivity index (χ1) is 7.77. The Labute approximate surface area is 97.7 Å². The Kier molecular flexibility index (Phi) is 5.90. The van der Waals surface area contributed by atoms with Gasteiger partial charge in [-0.15, -0.1) is 0 Å². The molecule has 0 atom stereocenters. The van der Waals surface area contributed by atoms with Gasteiger partial charge in [0.15, 0.2) is 0 Å². The number of aliphatic hydroxyl groups excluding tert-OH is 1. The van der Waals surface area contributed by atoms with Gasteiger partial charge in [-0.2, -0.15) is 0 Å². The zero-order valence-corrected chi connectivity index (χ0v) is 10.1. The minimum Gasteiger partial charge on any atom is -0.394 e. The molecular weight excluding hydrogens is 202 g/mol. The Morgan fingerprint density at radius 1 is 1.19 bits per heavy atom. The molecule has 0 aromatic heterocycles. The number of hydrogen-bond acceptors (Lipinski definition) is 3. The maximum atomic E-state index is 8.60. The smallest absolute Gasteiger partial charge is 0.0698 e. The first-order valence-corrected chi connectivity index (χ1v) is 5.78. The molecule has 90 valence electrons. The lowest BCUT2D eigenvalue weighted by atomic mass is 10.2. The third-order valence-electron chi connectivity index (χ3n) is 2.52. The number of ether oxygens (including phenoxy) is 1. The molecule has 0 saturated carbocycles. The number of likely N-dealkylation sites (N-methyl/N-ethyl adjacent to an activating group) is 1. The van der Waals surface area contributed by atoms with Crippen LogP contribution in [0.2, 0.25) is 0 Å². The van der Waals surface area contributed by atoms with E-state index in [1.165, 1.54) is 11.3 Å². The van der Waals surface area contributed by atoms with Gasteiger partial charge in [-0.25, -0.2) is 0 Å². The predicted octanol–water partition coefficient (Wildman–Crippen LogP) is 1.83. The fourth-order valence-corrected chi connectivity index (χ4v) is 1.57. The summed E-state index contributed by atoms with van der Waals surface area (Å²) < 4.78 is 5.27. The van der Waals surface area contributed by atoms with Gasteiger partial charge in [0, 0.05) is 18.8 Å². The molecule has 1 rings (SSSR count). The molecular formula is C13H21NO2. The van der Waals surface area contributed by atoms with Crippen LogP contribution >= 0.6 is 0 Å². The molecule has 0 amide bonds. The van der Waals surface area contributed by atoms with Crippen molar-refractivity contribution in [3.63, 3.8) is 0 Å². The number of aliphatic hydroxyl groups is 1. The highest BCUT2D eigenvalue weighted by Crippen LogP contribution is 2.14. The molecule has 3 nitrogen and oxygen atoms in total. The van der Waals surface area contributed by atoms with Crippen LogP contribution in [-0.2, 0) is 4.74 Å². The van der Waals surface area contributed by atoms with Crippen molar-refractivity contribution in [2.45, 2.75) is 13.8 Å². The fraction of sp³-hybridized carbons (Fsp3) is 0.538. The van der Waals surface area contributed by atoms with Crippen LogP contribution < -0.4 is 4.90 Å². The minimum absolute atomic E-state index is 0.0939. The molecule has 0 aliphatic carbocycles. The quantitative estimate of drug-likeness (QED) is 0.716. The third kappa shape index (κ3) is 4.21. The lowest BCUT2D eigenvalue weighted by molar-refractivity contribution is 0.0967. The molecule has 16 heavy (non-hydrogen) atoms. The molecule has 0 fully saturated rings. The molecule has 0 bridgehead atoms. The van der Waals surface area contributed by atoms with Gasteiger partial charge in [0.1, 0.15) is 0 Å². The second kappa shape index (κ2) is 7.25. The zero-order valence-electron chi connectivity index (χ0n) is 10.1. The molecule has 0 heterocycles. The van der Waals surface area contributed by atoms with Gasteiger partial charge in [0.2, 0.25) is 0 Å². The van der Waals surface area contributed by atoms with E-state index in [0.717, 1.165) is 13.1 Å². The van der Waals surface area contributed by atoms with Gasteiger partial charge in [0.25, 0.3) is 0 Å². The van der Waals surface area contributed by atoms with Crippen LogP contribution in [0.1, 0.15) is 12.5 Å². The highest BCUT2D eigenvalue weighted by Gasteiger charge is 2.03. The van der Waals surface area contributed by atoms with Crippen molar-refractivity contribution >= 4 is 5.69 Å². The second-order valence-electron chi connectivity index (χ2n) is 3.75. The summed E-state index contributed by atoms with van der Waals surface area (Å²) in [5.41, 5.74) is 2.50. The highest BCUT2D eigenvalue weighted by atomic mass is 16.5. The summed E-state index contributed by atoms with van der Waals surface area (Å²) in [7, 11) is 0. The standard InChI is InChI=1S/C13H21NO2/c1-3-14(8-10-16-11-9-15)13-6-4-12(2)5-7-13/h4-7,15H,3,8-11H2,1-2H3. The van der Waals surface area contributed by atoms with Crippen LogP contribution in [0.4, 0.5) is 5.69 Å². The van der Waals surface area contributed by atoms with E-state index in [1.54, 1.807) is 0 Å².